The highest BCUT2D eigenvalue weighted by Gasteiger charge is 2.36. The first-order chi connectivity index (χ1) is 12.7. The number of rotatable bonds is 14. The van der Waals surface area contributed by atoms with Gasteiger partial charge in [0.15, 0.2) is 0 Å². The molecule has 1 rings (SSSR count). The number of allylic oxidation sites excluding steroid dienone is 2. The molecule has 0 spiro atoms. The van der Waals surface area contributed by atoms with Crippen LogP contribution in [-0.2, 0) is 14.3 Å². The fraction of sp³-hybridized carbons (Fsp3) is 0.818. The second-order valence-corrected chi connectivity index (χ2v) is 7.53. The van der Waals surface area contributed by atoms with E-state index in [1.165, 1.54) is 44.9 Å². The van der Waals surface area contributed by atoms with Gasteiger partial charge in [0.25, 0.3) is 0 Å². The van der Waals surface area contributed by atoms with Crippen molar-refractivity contribution < 1.29 is 19.4 Å². The molecule has 0 aromatic rings. The molecule has 150 valence electrons. The first-order valence-corrected chi connectivity index (χ1v) is 10.7. The minimum Gasteiger partial charge on any atom is -0.481 e. The van der Waals surface area contributed by atoms with Crippen LogP contribution in [0.3, 0.4) is 0 Å². The highest BCUT2D eigenvalue weighted by atomic mass is 16.5. The van der Waals surface area contributed by atoms with E-state index in [0.717, 1.165) is 32.1 Å². The van der Waals surface area contributed by atoms with Gasteiger partial charge in [-0.05, 0) is 38.5 Å². The van der Waals surface area contributed by atoms with Crippen LogP contribution < -0.4 is 0 Å². The number of carbonyl (C=O) groups is 2. The van der Waals surface area contributed by atoms with Gasteiger partial charge in [0.1, 0.15) is 0 Å². The van der Waals surface area contributed by atoms with E-state index in [1.54, 1.807) is 0 Å². The number of ether oxygens (including phenoxy) is 1. The van der Waals surface area contributed by atoms with Crippen molar-refractivity contribution in [3.63, 3.8) is 0 Å². The third-order valence-corrected chi connectivity index (χ3v) is 5.29. The molecule has 0 amide bonds. The number of carboxylic acid groups (broad SMARTS) is 1. The Morgan fingerprint density at radius 2 is 1.46 bits per heavy atom. The molecule has 26 heavy (non-hydrogen) atoms. The second-order valence-electron chi connectivity index (χ2n) is 7.53. The number of aliphatic carboxylic acids is 1. The van der Waals surface area contributed by atoms with Crippen LogP contribution in [0.2, 0.25) is 0 Å². The largest absolute Gasteiger partial charge is 0.481 e. The zero-order valence-corrected chi connectivity index (χ0v) is 16.6. The lowest BCUT2D eigenvalue weighted by atomic mass is 9.79. The molecule has 0 bridgehead atoms. The van der Waals surface area contributed by atoms with Crippen LogP contribution in [0.1, 0.15) is 96.8 Å². The average Bonchev–Trinajstić information content (AvgIpc) is 2.65. The SMILES string of the molecule is CCCCCCCCC/C=C/CCCOC(=O)C1CCCCC1C(=O)O. The highest BCUT2D eigenvalue weighted by molar-refractivity contribution is 5.81. The van der Waals surface area contributed by atoms with Gasteiger partial charge in [-0.15, -0.1) is 0 Å². The maximum absolute atomic E-state index is 12.1. The van der Waals surface area contributed by atoms with E-state index in [9.17, 15) is 14.7 Å². The summed E-state index contributed by atoms with van der Waals surface area (Å²) in [5, 5.41) is 9.22. The predicted octanol–water partition coefficient (Wildman–Crippen LogP) is 5.90. The Hall–Kier alpha value is -1.32. The van der Waals surface area contributed by atoms with Crippen molar-refractivity contribution in [2.24, 2.45) is 11.8 Å². The quantitative estimate of drug-likeness (QED) is 0.236. The summed E-state index contributed by atoms with van der Waals surface area (Å²) in [4.78, 5) is 23.4. The molecule has 0 heterocycles. The van der Waals surface area contributed by atoms with Crippen LogP contribution in [0.5, 0.6) is 0 Å². The molecule has 0 saturated heterocycles. The summed E-state index contributed by atoms with van der Waals surface area (Å²) in [5.41, 5.74) is 0. The molecule has 2 unspecified atom stereocenters. The number of unbranched alkanes of at least 4 members (excludes halogenated alkanes) is 8. The van der Waals surface area contributed by atoms with Crippen LogP contribution in [0, 0.1) is 11.8 Å². The highest BCUT2D eigenvalue weighted by Crippen LogP contribution is 2.31. The van der Waals surface area contributed by atoms with Crippen LogP contribution in [0.25, 0.3) is 0 Å². The molecule has 0 aliphatic heterocycles. The molecule has 4 heteroatoms. The number of esters is 1. The molecule has 1 N–H and O–H groups in total. The molecule has 0 aromatic carbocycles. The smallest absolute Gasteiger partial charge is 0.309 e. The van der Waals surface area contributed by atoms with Gasteiger partial charge >= 0.3 is 11.9 Å². The monoisotopic (exact) mass is 366 g/mol. The maximum Gasteiger partial charge on any atom is 0.309 e. The Morgan fingerprint density at radius 3 is 2.12 bits per heavy atom. The minimum atomic E-state index is -0.861. The molecular weight excluding hydrogens is 328 g/mol. The summed E-state index contributed by atoms with van der Waals surface area (Å²) in [6.45, 7) is 2.64. The average molecular weight is 367 g/mol. The molecule has 1 fully saturated rings. The van der Waals surface area contributed by atoms with E-state index >= 15 is 0 Å². The normalized spacial score (nSPS) is 20.3. The van der Waals surface area contributed by atoms with Crippen molar-refractivity contribution in [3.8, 4) is 0 Å². The molecular formula is C22H38O4. The van der Waals surface area contributed by atoms with Crippen molar-refractivity contribution in [1.29, 1.82) is 0 Å². The van der Waals surface area contributed by atoms with Gasteiger partial charge in [-0.2, -0.15) is 0 Å². The Balaban J connectivity index is 2.00. The zero-order valence-electron chi connectivity index (χ0n) is 16.6. The first-order valence-electron chi connectivity index (χ1n) is 10.7. The third-order valence-electron chi connectivity index (χ3n) is 5.29. The van der Waals surface area contributed by atoms with E-state index < -0.39 is 17.8 Å². The van der Waals surface area contributed by atoms with Crippen LogP contribution >= 0.6 is 0 Å². The Kier molecular flexibility index (Phi) is 12.9. The van der Waals surface area contributed by atoms with Gasteiger partial charge in [-0.1, -0.05) is 70.4 Å². The molecule has 2 atom stereocenters. The fourth-order valence-corrected chi connectivity index (χ4v) is 3.64. The van der Waals surface area contributed by atoms with E-state index in [2.05, 4.69) is 19.1 Å². The number of carbonyl (C=O) groups excluding carboxylic acids is 1. The van der Waals surface area contributed by atoms with Gasteiger partial charge in [-0.25, -0.2) is 0 Å². The van der Waals surface area contributed by atoms with Crippen LogP contribution in [-0.4, -0.2) is 23.7 Å². The lowest BCUT2D eigenvalue weighted by Crippen LogP contribution is -2.33. The van der Waals surface area contributed by atoms with Gasteiger partial charge in [0.05, 0.1) is 18.4 Å². The van der Waals surface area contributed by atoms with E-state index in [-0.39, 0.29) is 5.97 Å². The lowest BCUT2D eigenvalue weighted by Gasteiger charge is -2.26. The molecule has 1 aliphatic rings. The Bertz CT molecular complexity index is 416. The van der Waals surface area contributed by atoms with Gasteiger partial charge in [-0.3, -0.25) is 9.59 Å². The minimum absolute atomic E-state index is 0.316. The van der Waals surface area contributed by atoms with E-state index in [1.807, 2.05) is 0 Å². The predicted molar refractivity (Wildman–Crippen MR) is 105 cm³/mol. The summed E-state index contributed by atoms with van der Waals surface area (Å²) in [7, 11) is 0. The van der Waals surface area contributed by atoms with Crippen molar-refractivity contribution in [2.45, 2.75) is 96.8 Å². The Labute approximate surface area is 159 Å². The van der Waals surface area contributed by atoms with Crippen molar-refractivity contribution in [1.82, 2.24) is 0 Å². The van der Waals surface area contributed by atoms with Gasteiger partial charge in [0, 0.05) is 0 Å². The number of hydrogen-bond donors (Lipinski definition) is 1. The van der Waals surface area contributed by atoms with E-state index in [0.29, 0.717) is 19.4 Å². The van der Waals surface area contributed by atoms with Gasteiger partial charge < -0.3 is 9.84 Å². The lowest BCUT2D eigenvalue weighted by molar-refractivity contribution is -0.159. The van der Waals surface area contributed by atoms with Crippen molar-refractivity contribution in [2.75, 3.05) is 6.61 Å². The van der Waals surface area contributed by atoms with Crippen LogP contribution in [0.4, 0.5) is 0 Å². The Morgan fingerprint density at radius 1 is 0.885 bits per heavy atom. The number of carboxylic acids is 1. The van der Waals surface area contributed by atoms with Crippen LogP contribution in [0.15, 0.2) is 12.2 Å². The summed E-state index contributed by atoms with van der Waals surface area (Å²) in [6, 6.07) is 0. The molecule has 0 aromatic heterocycles. The summed E-state index contributed by atoms with van der Waals surface area (Å²) >= 11 is 0. The fourth-order valence-electron chi connectivity index (χ4n) is 3.64. The molecule has 1 aliphatic carbocycles. The van der Waals surface area contributed by atoms with Crippen molar-refractivity contribution >= 4 is 11.9 Å². The molecule has 0 radical (unpaired) electrons. The van der Waals surface area contributed by atoms with E-state index in [4.69, 9.17) is 4.74 Å². The topological polar surface area (TPSA) is 63.6 Å². The molecule has 1 saturated carbocycles. The third kappa shape index (κ3) is 9.98. The number of hydrogen-bond acceptors (Lipinski definition) is 3. The summed E-state index contributed by atoms with van der Waals surface area (Å²) in [6.07, 6.45) is 19.7. The van der Waals surface area contributed by atoms with Gasteiger partial charge in [0.2, 0.25) is 0 Å². The van der Waals surface area contributed by atoms with Crippen molar-refractivity contribution in [3.05, 3.63) is 12.2 Å². The summed E-state index contributed by atoms with van der Waals surface area (Å²) < 4.78 is 5.32. The molecule has 4 nitrogen and oxygen atoms in total. The second kappa shape index (κ2) is 14.8. The maximum atomic E-state index is 12.1. The summed E-state index contributed by atoms with van der Waals surface area (Å²) in [5.74, 6) is -2.18. The standard InChI is InChI=1S/C22H38O4/c1-2-3-4-5-6-7-8-9-10-11-12-15-18-26-22(25)20-17-14-13-16-19(20)21(23)24/h10-11,19-20H,2-9,12-18H2,1H3,(H,23,24)/b11-10+. The zero-order chi connectivity index (χ0) is 19.0. The first kappa shape index (κ1) is 22.7.